The van der Waals surface area contributed by atoms with Crippen molar-refractivity contribution in [2.45, 2.75) is 18.3 Å². The van der Waals surface area contributed by atoms with Gasteiger partial charge in [0.1, 0.15) is 0 Å². The number of hydrogen-bond acceptors (Lipinski definition) is 12. The standard InChI is InChI=1S/C7H14S12/c8-1-4(16-18-10)14-6-7(13-3-12-6)15-5(2-9)17-19-11/h4-11H,1-3H2. The number of hydrogen-bond donors (Lipinski definition) is 4. The second kappa shape index (κ2) is 13.5. The zero-order chi connectivity index (χ0) is 14.1. The molecule has 4 atom stereocenters. The Morgan fingerprint density at radius 3 is 1.63 bits per heavy atom. The molecule has 0 spiro atoms. The Labute approximate surface area is 169 Å². The fraction of sp³-hybridized carbons (Fsp3) is 1.00. The lowest BCUT2D eigenvalue weighted by Gasteiger charge is -2.23. The summed E-state index contributed by atoms with van der Waals surface area (Å²) < 4.78 is 2.28. The Hall–Kier alpha value is 4.20. The molecule has 0 aromatic carbocycles. The molecule has 1 saturated heterocycles. The van der Waals surface area contributed by atoms with E-state index in [4.69, 9.17) is 0 Å². The van der Waals surface area contributed by atoms with E-state index in [0.717, 1.165) is 11.5 Å². The Kier molecular flexibility index (Phi) is 15.1. The minimum atomic E-state index is 0.506. The van der Waals surface area contributed by atoms with Crippen molar-refractivity contribution in [1.82, 2.24) is 0 Å². The Morgan fingerprint density at radius 1 is 0.895 bits per heavy atom. The smallest absolute Gasteiger partial charge is 0.0733 e. The van der Waals surface area contributed by atoms with E-state index in [-0.39, 0.29) is 0 Å². The summed E-state index contributed by atoms with van der Waals surface area (Å²) in [6, 6.07) is 0. The van der Waals surface area contributed by atoms with Crippen LogP contribution in [-0.2, 0) is 0 Å². The zero-order valence-electron chi connectivity index (χ0n) is 9.49. The fourth-order valence-electron chi connectivity index (χ4n) is 1.12. The SMILES string of the molecule is SCC(SSS)SC1SCSC1SC(CS)SSS. The van der Waals surface area contributed by atoms with Crippen LogP contribution in [0.25, 0.3) is 0 Å². The first kappa shape index (κ1) is 21.2. The van der Waals surface area contributed by atoms with Gasteiger partial charge in [0, 0.05) is 16.6 Å². The third-order valence-corrected chi connectivity index (χ3v) is 16.4. The molecular formula is C7H14S12. The van der Waals surface area contributed by atoms with Crippen LogP contribution in [0.5, 0.6) is 0 Å². The van der Waals surface area contributed by atoms with Gasteiger partial charge in [0.25, 0.3) is 0 Å². The molecule has 0 aromatic rings. The lowest BCUT2D eigenvalue weighted by atomic mass is 10.9. The zero-order valence-corrected chi connectivity index (χ0v) is 19.6. The summed E-state index contributed by atoms with van der Waals surface area (Å²) in [6.07, 6.45) is 0. The first-order valence-corrected chi connectivity index (χ1v) is 16.7. The van der Waals surface area contributed by atoms with Crippen LogP contribution in [0.4, 0.5) is 0 Å². The largest absolute Gasteiger partial charge is 0.177 e. The van der Waals surface area contributed by atoms with Gasteiger partial charge in [-0.3, -0.25) is 0 Å². The first-order chi connectivity index (χ1) is 9.24. The Balaban J connectivity index is 2.43. The second-order valence-corrected chi connectivity index (χ2v) is 16.8. The van der Waals surface area contributed by atoms with Crippen LogP contribution in [0.3, 0.4) is 0 Å². The lowest BCUT2D eigenvalue weighted by molar-refractivity contribution is 1.33. The molecule has 12 heteroatoms. The highest BCUT2D eigenvalue weighted by Crippen LogP contribution is 2.54. The normalized spacial score (nSPS) is 26.5. The van der Waals surface area contributed by atoms with Crippen molar-refractivity contribution in [3.63, 3.8) is 0 Å². The summed E-state index contributed by atoms with van der Waals surface area (Å²) in [5.41, 5.74) is 0. The van der Waals surface area contributed by atoms with E-state index in [1.165, 1.54) is 24.7 Å². The maximum atomic E-state index is 4.43. The quantitative estimate of drug-likeness (QED) is 0.156. The predicted octanol–water partition coefficient (Wildman–Crippen LogP) is 6.51. The monoisotopic (exact) mass is 482 g/mol. The summed E-state index contributed by atoms with van der Waals surface area (Å²) in [7, 11) is 6.67. The molecule has 1 aliphatic rings. The number of rotatable bonds is 10. The fourth-order valence-corrected chi connectivity index (χ4v) is 16.8. The van der Waals surface area contributed by atoms with Crippen LogP contribution in [0.2, 0.25) is 0 Å². The molecule has 0 bridgehead atoms. The Bertz CT molecular complexity index is 204. The van der Waals surface area contributed by atoms with Gasteiger partial charge < -0.3 is 0 Å². The van der Waals surface area contributed by atoms with E-state index in [0.29, 0.717) is 18.3 Å². The molecule has 0 aromatic heterocycles. The molecule has 1 aliphatic heterocycles. The van der Waals surface area contributed by atoms with Gasteiger partial charge in [0.15, 0.2) is 0 Å². The summed E-state index contributed by atoms with van der Waals surface area (Å²) >= 11 is 25.5. The van der Waals surface area contributed by atoms with E-state index in [9.17, 15) is 0 Å². The summed E-state index contributed by atoms with van der Waals surface area (Å²) in [5.74, 6) is 1.78. The highest BCUT2D eigenvalue weighted by atomic mass is 33.5. The molecule has 1 rings (SSSR count). The third-order valence-electron chi connectivity index (χ3n) is 1.86. The number of thioether (sulfide) groups is 4. The van der Waals surface area contributed by atoms with Gasteiger partial charge in [-0.2, -0.15) is 25.3 Å². The van der Waals surface area contributed by atoms with Gasteiger partial charge >= 0.3 is 0 Å². The van der Waals surface area contributed by atoms with E-state index in [1.54, 1.807) is 21.6 Å². The Morgan fingerprint density at radius 2 is 1.32 bits per heavy atom. The molecule has 0 saturated carbocycles. The van der Waals surface area contributed by atoms with E-state index < -0.39 is 0 Å². The van der Waals surface area contributed by atoms with Crippen molar-refractivity contribution in [2.24, 2.45) is 0 Å². The van der Waals surface area contributed by atoms with Crippen LogP contribution in [0, 0.1) is 0 Å². The van der Waals surface area contributed by atoms with Gasteiger partial charge in [0.05, 0.1) is 18.3 Å². The average molecular weight is 483 g/mol. The molecule has 4 unspecified atom stereocenters. The minimum absolute atomic E-state index is 0.506. The molecule has 114 valence electrons. The van der Waals surface area contributed by atoms with Gasteiger partial charge in [-0.15, -0.1) is 47.0 Å². The third kappa shape index (κ3) is 8.74. The second-order valence-electron chi connectivity index (χ2n) is 3.03. The van der Waals surface area contributed by atoms with Crippen molar-refractivity contribution < 1.29 is 0 Å². The molecule has 0 aliphatic carbocycles. The van der Waals surface area contributed by atoms with Gasteiger partial charge in [-0.1, -0.05) is 44.9 Å². The highest BCUT2D eigenvalue weighted by molar-refractivity contribution is 9.06. The van der Waals surface area contributed by atoms with Gasteiger partial charge in [-0.05, 0) is 19.7 Å². The molecule has 1 heterocycles. The summed E-state index contributed by atoms with van der Waals surface area (Å²) in [4.78, 5) is 0. The van der Waals surface area contributed by atoms with E-state index >= 15 is 0 Å². The minimum Gasteiger partial charge on any atom is -0.177 e. The molecular weight excluding hydrogens is 469 g/mol. The van der Waals surface area contributed by atoms with Crippen LogP contribution < -0.4 is 0 Å². The predicted molar refractivity (Wildman–Crippen MR) is 126 cm³/mol. The van der Waals surface area contributed by atoms with Crippen LogP contribution in [0.1, 0.15) is 0 Å². The molecule has 1 fully saturated rings. The topological polar surface area (TPSA) is 0 Å². The van der Waals surface area contributed by atoms with Gasteiger partial charge in [0.2, 0.25) is 0 Å². The van der Waals surface area contributed by atoms with Crippen molar-refractivity contribution in [3.05, 3.63) is 0 Å². The van der Waals surface area contributed by atoms with Crippen LogP contribution >= 0.6 is 137 Å². The molecule has 0 amide bonds. The average Bonchev–Trinajstić information content (AvgIpc) is 2.84. The summed E-state index contributed by atoms with van der Waals surface area (Å²) in [5, 5.41) is 1.19. The number of thiol groups is 4. The van der Waals surface area contributed by atoms with E-state index in [2.05, 4.69) is 72.1 Å². The van der Waals surface area contributed by atoms with E-state index in [1.807, 2.05) is 23.5 Å². The molecule has 19 heavy (non-hydrogen) atoms. The van der Waals surface area contributed by atoms with Crippen molar-refractivity contribution in [1.29, 1.82) is 0 Å². The maximum absolute atomic E-state index is 4.43. The maximum Gasteiger partial charge on any atom is 0.0733 e. The van der Waals surface area contributed by atoms with Crippen molar-refractivity contribution in [3.8, 4) is 0 Å². The van der Waals surface area contributed by atoms with Crippen LogP contribution in [0.15, 0.2) is 0 Å². The van der Waals surface area contributed by atoms with Gasteiger partial charge in [-0.25, -0.2) is 0 Å². The molecule has 0 N–H and O–H groups in total. The highest BCUT2D eigenvalue weighted by Gasteiger charge is 2.33. The van der Waals surface area contributed by atoms with Crippen molar-refractivity contribution >= 4 is 137 Å². The molecule has 0 nitrogen and oxygen atoms in total. The summed E-state index contributed by atoms with van der Waals surface area (Å²) in [6.45, 7) is 0. The van der Waals surface area contributed by atoms with Crippen LogP contribution in [-0.4, -0.2) is 34.9 Å². The van der Waals surface area contributed by atoms with Crippen molar-refractivity contribution in [2.75, 3.05) is 16.6 Å². The molecule has 0 radical (unpaired) electrons. The lowest BCUT2D eigenvalue weighted by Crippen LogP contribution is -2.15. The first-order valence-electron chi connectivity index (χ1n) is 4.94.